The third-order valence-electron chi connectivity index (χ3n) is 2.95. The molecule has 0 aliphatic carbocycles. The van der Waals surface area contributed by atoms with Crippen molar-refractivity contribution in [2.75, 3.05) is 18.0 Å². The molecule has 0 radical (unpaired) electrons. The Bertz CT molecular complexity index is 595. The van der Waals surface area contributed by atoms with E-state index in [-0.39, 0.29) is 11.6 Å². The van der Waals surface area contributed by atoms with E-state index in [1.54, 1.807) is 31.2 Å². The van der Waals surface area contributed by atoms with Crippen molar-refractivity contribution in [3.63, 3.8) is 0 Å². The van der Waals surface area contributed by atoms with Crippen LogP contribution >= 0.6 is 0 Å². The zero-order valence-corrected chi connectivity index (χ0v) is 11.3. The highest BCUT2D eigenvalue weighted by atomic mass is 19.1. The van der Waals surface area contributed by atoms with Gasteiger partial charge in [-0.15, -0.1) is 0 Å². The van der Waals surface area contributed by atoms with E-state index in [0.29, 0.717) is 30.8 Å². The summed E-state index contributed by atoms with van der Waals surface area (Å²) in [4.78, 5) is 13.9. The van der Waals surface area contributed by atoms with Crippen molar-refractivity contribution in [1.82, 2.24) is 0 Å². The van der Waals surface area contributed by atoms with Crippen molar-refractivity contribution in [1.29, 1.82) is 0 Å². The van der Waals surface area contributed by atoms with Gasteiger partial charge in [0.1, 0.15) is 17.8 Å². The van der Waals surface area contributed by atoms with Gasteiger partial charge in [0, 0.05) is 6.54 Å². The van der Waals surface area contributed by atoms with Gasteiger partial charge >= 0.3 is 0 Å². The van der Waals surface area contributed by atoms with Gasteiger partial charge < -0.3 is 15.1 Å². The average Bonchev–Trinajstić information content (AvgIpc) is 2.87. The van der Waals surface area contributed by atoms with Crippen LogP contribution in [0.25, 0.3) is 0 Å². The molecule has 4 nitrogen and oxygen atoms in total. The Morgan fingerprint density at radius 3 is 2.75 bits per heavy atom. The predicted octanol–water partition coefficient (Wildman–Crippen LogP) is 2.72. The quantitative estimate of drug-likeness (QED) is 0.913. The Kier molecular flexibility index (Phi) is 4.53. The number of hydrogen-bond acceptors (Lipinski definition) is 3. The highest BCUT2D eigenvalue weighted by molar-refractivity contribution is 6.06. The maximum absolute atomic E-state index is 13.9. The van der Waals surface area contributed by atoms with Crippen molar-refractivity contribution < 1.29 is 13.6 Å². The first-order valence-electron chi connectivity index (χ1n) is 6.45. The van der Waals surface area contributed by atoms with Crippen LogP contribution in [-0.4, -0.2) is 19.0 Å². The largest absolute Gasteiger partial charge is 0.469 e. The van der Waals surface area contributed by atoms with Gasteiger partial charge in [-0.25, -0.2) is 4.39 Å². The molecule has 0 atom stereocenters. The molecule has 2 N–H and O–H groups in total. The Labute approximate surface area is 117 Å². The number of amides is 1. The lowest BCUT2D eigenvalue weighted by Crippen LogP contribution is -2.33. The smallest absolute Gasteiger partial charge is 0.261 e. The van der Waals surface area contributed by atoms with E-state index in [2.05, 4.69) is 0 Å². The molecule has 1 aromatic carbocycles. The minimum Gasteiger partial charge on any atom is -0.469 e. The molecule has 0 aliphatic heterocycles. The number of para-hydroxylation sites is 1. The monoisotopic (exact) mass is 276 g/mol. The van der Waals surface area contributed by atoms with Gasteiger partial charge in [0.25, 0.3) is 5.91 Å². The van der Waals surface area contributed by atoms with Gasteiger partial charge in [0.15, 0.2) is 0 Å². The van der Waals surface area contributed by atoms with Crippen molar-refractivity contribution in [3.05, 3.63) is 53.7 Å². The van der Waals surface area contributed by atoms with Crippen LogP contribution < -0.4 is 10.6 Å². The van der Waals surface area contributed by atoms with Crippen LogP contribution in [0.5, 0.6) is 0 Å². The second kappa shape index (κ2) is 6.34. The summed E-state index contributed by atoms with van der Waals surface area (Å²) in [5.74, 6) is -0.0841. The lowest BCUT2D eigenvalue weighted by molar-refractivity contribution is 0.0985. The lowest BCUT2D eigenvalue weighted by Gasteiger charge is -2.22. The third-order valence-corrected chi connectivity index (χ3v) is 2.95. The van der Waals surface area contributed by atoms with E-state index in [1.165, 1.54) is 17.2 Å². The van der Waals surface area contributed by atoms with E-state index in [1.807, 2.05) is 0 Å². The standard InChI is InChI=1S/C15H17FN2O2/c1-11-9-12(10-20-11)15(19)18(8-4-7-17)14-6-3-2-5-13(14)16/h2-3,5-6,9-10H,4,7-8,17H2,1H3. The summed E-state index contributed by atoms with van der Waals surface area (Å²) in [5, 5.41) is 0. The SMILES string of the molecule is Cc1cc(C(=O)N(CCCN)c2ccccc2F)co1. The summed E-state index contributed by atoms with van der Waals surface area (Å²) >= 11 is 0. The molecule has 1 aromatic heterocycles. The van der Waals surface area contributed by atoms with E-state index < -0.39 is 5.82 Å². The molecule has 0 fully saturated rings. The average molecular weight is 276 g/mol. The molecule has 0 saturated heterocycles. The number of carbonyl (C=O) groups excluding carboxylic acids is 1. The molecule has 0 unspecified atom stereocenters. The molecule has 5 heteroatoms. The van der Waals surface area contributed by atoms with Crippen molar-refractivity contribution in [2.24, 2.45) is 5.73 Å². The van der Waals surface area contributed by atoms with Gasteiger partial charge in [0.2, 0.25) is 0 Å². The number of nitrogens with two attached hydrogens (primary N) is 1. The molecule has 2 aromatic rings. The molecule has 106 valence electrons. The second-order valence-electron chi connectivity index (χ2n) is 4.50. The molecule has 0 bridgehead atoms. The van der Waals surface area contributed by atoms with Gasteiger partial charge in [0.05, 0.1) is 11.3 Å². The Hall–Kier alpha value is -2.14. The molecule has 2 rings (SSSR count). The maximum Gasteiger partial charge on any atom is 0.261 e. The number of nitrogens with zero attached hydrogens (tertiary/aromatic N) is 1. The Balaban J connectivity index is 2.32. The minimum atomic E-state index is -0.432. The molecule has 0 saturated carbocycles. The number of carbonyl (C=O) groups is 1. The first kappa shape index (κ1) is 14.3. The van der Waals surface area contributed by atoms with Gasteiger partial charge in [-0.05, 0) is 38.1 Å². The summed E-state index contributed by atoms with van der Waals surface area (Å²) in [7, 11) is 0. The predicted molar refractivity (Wildman–Crippen MR) is 75.2 cm³/mol. The van der Waals surface area contributed by atoms with Gasteiger partial charge in [-0.3, -0.25) is 4.79 Å². The van der Waals surface area contributed by atoms with Gasteiger partial charge in [-0.2, -0.15) is 0 Å². The molecule has 1 amide bonds. The Morgan fingerprint density at radius 2 is 2.15 bits per heavy atom. The third kappa shape index (κ3) is 3.05. The minimum absolute atomic E-state index is 0.254. The number of halogens is 1. The molecular weight excluding hydrogens is 259 g/mol. The summed E-state index contributed by atoms with van der Waals surface area (Å²) in [6.07, 6.45) is 1.98. The van der Waals surface area contributed by atoms with E-state index >= 15 is 0 Å². The number of hydrogen-bond donors (Lipinski definition) is 1. The van der Waals surface area contributed by atoms with E-state index in [9.17, 15) is 9.18 Å². The zero-order chi connectivity index (χ0) is 14.5. The number of aryl methyl sites for hydroxylation is 1. The fraction of sp³-hybridized carbons (Fsp3) is 0.267. The van der Waals surface area contributed by atoms with Crippen LogP contribution in [-0.2, 0) is 0 Å². The normalized spacial score (nSPS) is 10.6. The van der Waals surface area contributed by atoms with Crippen LogP contribution in [0.15, 0.2) is 41.0 Å². The number of anilines is 1. The fourth-order valence-electron chi connectivity index (χ4n) is 1.96. The second-order valence-corrected chi connectivity index (χ2v) is 4.50. The van der Waals surface area contributed by atoms with E-state index in [0.717, 1.165) is 0 Å². The number of benzene rings is 1. The zero-order valence-electron chi connectivity index (χ0n) is 11.3. The number of furan rings is 1. The van der Waals surface area contributed by atoms with Crippen LogP contribution in [0.4, 0.5) is 10.1 Å². The first-order chi connectivity index (χ1) is 9.63. The highest BCUT2D eigenvalue weighted by Crippen LogP contribution is 2.22. The molecule has 1 heterocycles. The maximum atomic E-state index is 13.9. The molecule has 0 aliphatic rings. The fourth-order valence-corrected chi connectivity index (χ4v) is 1.96. The summed E-state index contributed by atoms with van der Waals surface area (Å²) < 4.78 is 19.0. The lowest BCUT2D eigenvalue weighted by atomic mass is 10.2. The molecule has 20 heavy (non-hydrogen) atoms. The van der Waals surface area contributed by atoms with Crippen LogP contribution in [0.2, 0.25) is 0 Å². The van der Waals surface area contributed by atoms with Gasteiger partial charge in [-0.1, -0.05) is 12.1 Å². The van der Waals surface area contributed by atoms with Crippen molar-refractivity contribution in [2.45, 2.75) is 13.3 Å². The summed E-state index contributed by atoms with van der Waals surface area (Å²) in [5.41, 5.74) is 6.15. The molecule has 0 spiro atoms. The van der Waals surface area contributed by atoms with Crippen LogP contribution in [0.1, 0.15) is 22.5 Å². The van der Waals surface area contributed by atoms with Crippen LogP contribution in [0, 0.1) is 12.7 Å². The first-order valence-corrected chi connectivity index (χ1v) is 6.45. The topological polar surface area (TPSA) is 59.5 Å². The van der Waals surface area contributed by atoms with Crippen molar-refractivity contribution >= 4 is 11.6 Å². The number of rotatable bonds is 5. The Morgan fingerprint density at radius 1 is 1.40 bits per heavy atom. The summed E-state index contributed by atoms with van der Waals surface area (Å²) in [6, 6.07) is 7.84. The highest BCUT2D eigenvalue weighted by Gasteiger charge is 2.21. The van der Waals surface area contributed by atoms with E-state index in [4.69, 9.17) is 10.2 Å². The molecular formula is C15H17FN2O2. The summed E-state index contributed by atoms with van der Waals surface area (Å²) in [6.45, 7) is 2.55. The van der Waals surface area contributed by atoms with Crippen molar-refractivity contribution in [3.8, 4) is 0 Å². The van der Waals surface area contributed by atoms with Crippen LogP contribution in [0.3, 0.4) is 0 Å².